The Morgan fingerprint density at radius 1 is 1.08 bits per heavy atom. The number of amides is 1. The molecule has 1 aliphatic rings. The zero-order chi connectivity index (χ0) is 17.2. The van der Waals surface area contributed by atoms with Gasteiger partial charge in [-0.15, -0.1) is 0 Å². The van der Waals surface area contributed by atoms with Crippen LogP contribution in [0, 0.1) is 6.92 Å². The van der Waals surface area contributed by atoms with Crippen LogP contribution in [0.4, 0.5) is 0 Å². The SMILES string of the molecule is Cc1ccc([C@H](NC(=O)c2n[nH]c3c2CCC3)c2ccncc2)cc1. The van der Waals surface area contributed by atoms with Crippen LogP contribution >= 0.6 is 0 Å². The van der Waals surface area contributed by atoms with Gasteiger partial charge in [0.1, 0.15) is 0 Å². The molecule has 0 saturated heterocycles. The minimum Gasteiger partial charge on any atom is -0.340 e. The predicted molar refractivity (Wildman–Crippen MR) is 95.3 cm³/mol. The summed E-state index contributed by atoms with van der Waals surface area (Å²) in [4.78, 5) is 17.0. The van der Waals surface area contributed by atoms with E-state index in [1.807, 2.05) is 12.1 Å². The van der Waals surface area contributed by atoms with Crippen LogP contribution < -0.4 is 5.32 Å². The van der Waals surface area contributed by atoms with E-state index in [0.717, 1.165) is 41.6 Å². The summed E-state index contributed by atoms with van der Waals surface area (Å²) in [7, 11) is 0. The van der Waals surface area contributed by atoms with E-state index in [9.17, 15) is 4.79 Å². The van der Waals surface area contributed by atoms with Gasteiger partial charge in [0.05, 0.1) is 6.04 Å². The number of aromatic nitrogens is 3. The van der Waals surface area contributed by atoms with Crippen molar-refractivity contribution < 1.29 is 4.79 Å². The molecule has 0 saturated carbocycles. The predicted octanol–water partition coefficient (Wildman–Crippen LogP) is 3.12. The number of carbonyl (C=O) groups is 1. The molecule has 0 fully saturated rings. The van der Waals surface area contributed by atoms with Gasteiger partial charge < -0.3 is 5.32 Å². The van der Waals surface area contributed by atoms with Crippen LogP contribution in [0.3, 0.4) is 0 Å². The van der Waals surface area contributed by atoms with Crippen molar-refractivity contribution in [2.24, 2.45) is 0 Å². The first-order valence-corrected chi connectivity index (χ1v) is 8.56. The normalized spacial score (nSPS) is 14.1. The summed E-state index contributed by atoms with van der Waals surface area (Å²) in [6.45, 7) is 2.05. The molecule has 5 heteroatoms. The fraction of sp³-hybridized carbons (Fsp3) is 0.250. The third-order valence-electron chi connectivity index (χ3n) is 4.75. The fourth-order valence-corrected chi connectivity index (χ4v) is 3.38. The van der Waals surface area contributed by atoms with Gasteiger partial charge in [0.15, 0.2) is 5.69 Å². The maximum Gasteiger partial charge on any atom is 0.272 e. The summed E-state index contributed by atoms with van der Waals surface area (Å²) < 4.78 is 0. The van der Waals surface area contributed by atoms with E-state index in [1.165, 1.54) is 5.56 Å². The molecule has 2 heterocycles. The van der Waals surface area contributed by atoms with Crippen LogP contribution in [0.5, 0.6) is 0 Å². The second-order valence-corrected chi connectivity index (χ2v) is 6.48. The number of fused-ring (bicyclic) bond motifs is 1. The van der Waals surface area contributed by atoms with Crippen molar-refractivity contribution in [3.63, 3.8) is 0 Å². The topological polar surface area (TPSA) is 70.7 Å². The second-order valence-electron chi connectivity index (χ2n) is 6.48. The lowest BCUT2D eigenvalue weighted by Gasteiger charge is -2.19. The molecule has 4 rings (SSSR count). The molecule has 0 unspecified atom stereocenters. The average Bonchev–Trinajstić information content (AvgIpc) is 3.25. The van der Waals surface area contributed by atoms with E-state index < -0.39 is 0 Å². The zero-order valence-corrected chi connectivity index (χ0v) is 14.1. The number of aryl methyl sites for hydroxylation is 2. The van der Waals surface area contributed by atoms with Gasteiger partial charge in [-0.3, -0.25) is 14.9 Å². The lowest BCUT2D eigenvalue weighted by molar-refractivity contribution is 0.0937. The molecular formula is C20H20N4O. The molecule has 1 atom stereocenters. The Labute approximate surface area is 146 Å². The van der Waals surface area contributed by atoms with Gasteiger partial charge in [0.25, 0.3) is 5.91 Å². The molecule has 0 radical (unpaired) electrons. The number of benzene rings is 1. The van der Waals surface area contributed by atoms with Gasteiger partial charge in [-0.05, 0) is 49.4 Å². The molecule has 3 aromatic rings. The highest BCUT2D eigenvalue weighted by molar-refractivity contribution is 5.94. The Balaban J connectivity index is 1.66. The number of H-pyrrole nitrogens is 1. The van der Waals surface area contributed by atoms with Gasteiger partial charge >= 0.3 is 0 Å². The van der Waals surface area contributed by atoms with E-state index in [2.05, 4.69) is 51.7 Å². The van der Waals surface area contributed by atoms with Crippen LogP contribution in [0.15, 0.2) is 48.8 Å². The first kappa shape index (κ1) is 15.6. The lowest BCUT2D eigenvalue weighted by Crippen LogP contribution is -2.30. The number of nitrogens with one attached hydrogen (secondary N) is 2. The minimum atomic E-state index is -0.232. The maximum atomic E-state index is 12.9. The molecule has 126 valence electrons. The number of rotatable bonds is 4. The molecule has 0 bridgehead atoms. The summed E-state index contributed by atoms with van der Waals surface area (Å²) in [5, 5.41) is 10.4. The fourth-order valence-electron chi connectivity index (χ4n) is 3.38. The molecule has 1 amide bonds. The Bertz CT molecular complexity index is 884. The number of hydrogen-bond acceptors (Lipinski definition) is 3. The van der Waals surface area contributed by atoms with Crippen LogP contribution in [0.2, 0.25) is 0 Å². The molecule has 1 aromatic carbocycles. The Morgan fingerprint density at radius 2 is 1.80 bits per heavy atom. The van der Waals surface area contributed by atoms with E-state index in [4.69, 9.17) is 0 Å². The first-order chi connectivity index (χ1) is 12.2. The summed E-state index contributed by atoms with van der Waals surface area (Å²) >= 11 is 0. The standard InChI is InChI=1S/C20H20N4O/c1-13-5-7-14(8-6-13)18(15-9-11-21-12-10-15)22-20(25)19-16-3-2-4-17(16)23-24-19/h5-12,18H,2-4H2,1H3,(H,22,25)(H,23,24)/t18-/m0/s1. The van der Waals surface area contributed by atoms with Crippen molar-refractivity contribution in [2.75, 3.05) is 0 Å². The molecule has 1 aliphatic carbocycles. The number of nitrogens with zero attached hydrogens (tertiary/aromatic N) is 2. The van der Waals surface area contributed by atoms with Crippen molar-refractivity contribution in [3.05, 3.63) is 82.4 Å². The molecule has 2 N–H and O–H groups in total. The van der Waals surface area contributed by atoms with Crippen LogP contribution in [-0.2, 0) is 12.8 Å². The molecule has 2 aromatic heterocycles. The van der Waals surface area contributed by atoms with Gasteiger partial charge in [0, 0.05) is 23.7 Å². The Morgan fingerprint density at radius 3 is 2.56 bits per heavy atom. The highest BCUT2D eigenvalue weighted by Gasteiger charge is 2.25. The van der Waals surface area contributed by atoms with Crippen molar-refractivity contribution in [3.8, 4) is 0 Å². The summed E-state index contributed by atoms with van der Waals surface area (Å²) in [5.74, 6) is -0.137. The van der Waals surface area contributed by atoms with E-state index in [0.29, 0.717) is 5.69 Å². The van der Waals surface area contributed by atoms with E-state index in [1.54, 1.807) is 12.4 Å². The van der Waals surface area contributed by atoms with Crippen LogP contribution in [0.25, 0.3) is 0 Å². The summed E-state index contributed by atoms with van der Waals surface area (Å²) in [6.07, 6.45) is 6.46. The molecule has 5 nitrogen and oxygen atoms in total. The second kappa shape index (κ2) is 6.51. The van der Waals surface area contributed by atoms with E-state index in [-0.39, 0.29) is 11.9 Å². The van der Waals surface area contributed by atoms with Crippen molar-refractivity contribution in [1.82, 2.24) is 20.5 Å². The third kappa shape index (κ3) is 3.05. The van der Waals surface area contributed by atoms with Crippen LogP contribution in [-0.4, -0.2) is 21.1 Å². The number of hydrogen-bond donors (Lipinski definition) is 2. The third-order valence-corrected chi connectivity index (χ3v) is 4.75. The Kier molecular flexibility index (Phi) is 4.06. The van der Waals surface area contributed by atoms with Gasteiger partial charge in [-0.1, -0.05) is 29.8 Å². The Hall–Kier alpha value is -2.95. The zero-order valence-electron chi connectivity index (χ0n) is 14.1. The van der Waals surface area contributed by atoms with E-state index >= 15 is 0 Å². The smallest absolute Gasteiger partial charge is 0.272 e. The van der Waals surface area contributed by atoms with Gasteiger partial charge in [-0.25, -0.2) is 0 Å². The van der Waals surface area contributed by atoms with Crippen molar-refractivity contribution in [1.29, 1.82) is 0 Å². The maximum absolute atomic E-state index is 12.9. The number of aromatic amines is 1. The lowest BCUT2D eigenvalue weighted by atomic mass is 9.98. The van der Waals surface area contributed by atoms with Crippen molar-refractivity contribution >= 4 is 5.91 Å². The minimum absolute atomic E-state index is 0.137. The number of pyridine rings is 1. The van der Waals surface area contributed by atoms with Gasteiger partial charge in [0.2, 0.25) is 0 Å². The molecule has 0 aliphatic heterocycles. The molecule has 0 spiro atoms. The molecule has 25 heavy (non-hydrogen) atoms. The monoisotopic (exact) mass is 332 g/mol. The quantitative estimate of drug-likeness (QED) is 0.771. The highest BCUT2D eigenvalue weighted by Crippen LogP contribution is 2.25. The molecular weight excluding hydrogens is 312 g/mol. The summed E-state index contributed by atoms with van der Waals surface area (Å²) in [5.41, 5.74) is 5.92. The first-order valence-electron chi connectivity index (χ1n) is 8.56. The van der Waals surface area contributed by atoms with Crippen LogP contribution in [0.1, 0.15) is 50.9 Å². The van der Waals surface area contributed by atoms with Crippen molar-refractivity contribution in [2.45, 2.75) is 32.2 Å². The van der Waals surface area contributed by atoms with Gasteiger partial charge in [-0.2, -0.15) is 5.10 Å². The number of carbonyl (C=O) groups excluding carboxylic acids is 1. The summed E-state index contributed by atoms with van der Waals surface area (Å²) in [6, 6.07) is 11.8. The largest absolute Gasteiger partial charge is 0.340 e. The highest BCUT2D eigenvalue weighted by atomic mass is 16.2. The average molecular weight is 332 g/mol.